The number of nitrogens with one attached hydrogen (secondary N) is 1. The van der Waals surface area contributed by atoms with Crippen LogP contribution in [0, 0.1) is 5.41 Å². The molecule has 0 radical (unpaired) electrons. The number of nitrogens with two attached hydrogens (primary N) is 1. The molecule has 0 spiro atoms. The number of halogens is 3. The smallest absolute Gasteiger partial charge is 0.122 e. The van der Waals surface area contributed by atoms with E-state index >= 15 is 0 Å². The van der Waals surface area contributed by atoms with Crippen LogP contribution in [0.25, 0.3) is 0 Å². The topological polar surface area (TPSA) is 49.9 Å². The fourth-order valence-corrected chi connectivity index (χ4v) is 1.57. The van der Waals surface area contributed by atoms with Gasteiger partial charge in [0.1, 0.15) is 5.84 Å². The van der Waals surface area contributed by atoms with E-state index in [2.05, 4.69) is 15.9 Å². The zero-order valence-electron chi connectivity index (χ0n) is 5.97. The Hall–Kier alpha value is -0.250. The number of hydrogen-bond acceptors (Lipinski definition) is 1. The van der Waals surface area contributed by atoms with Crippen molar-refractivity contribution in [2.45, 2.75) is 0 Å². The molecule has 0 fully saturated rings. The Balaban J connectivity index is 0.00000121. The molecular formula is C7H7BrCl2N2. The van der Waals surface area contributed by atoms with Crippen molar-refractivity contribution in [3.63, 3.8) is 0 Å². The number of hydrogen-bond donors (Lipinski definition) is 2. The minimum Gasteiger partial charge on any atom is -0.384 e. The molecule has 3 N–H and O–H groups in total. The maximum atomic E-state index is 7.13. The van der Waals surface area contributed by atoms with E-state index in [1.165, 1.54) is 0 Å². The average molecular weight is 270 g/mol. The first-order chi connectivity index (χ1) is 5.09. The predicted octanol–water partition coefficient (Wildman–Crippen LogP) is 2.81. The molecule has 0 atom stereocenters. The van der Waals surface area contributed by atoms with Gasteiger partial charge in [-0.3, -0.25) is 5.41 Å². The molecule has 0 saturated carbocycles. The lowest BCUT2D eigenvalue weighted by atomic mass is 10.2. The highest BCUT2D eigenvalue weighted by Crippen LogP contribution is 2.18. The Kier molecular flexibility index (Phi) is 4.60. The van der Waals surface area contributed by atoms with Crippen LogP contribution in [0.15, 0.2) is 22.7 Å². The van der Waals surface area contributed by atoms with Gasteiger partial charge in [-0.25, -0.2) is 0 Å². The summed E-state index contributed by atoms with van der Waals surface area (Å²) >= 11 is 8.96. The molecule has 1 aromatic rings. The predicted molar refractivity (Wildman–Crippen MR) is 57.4 cm³/mol. The second-order valence-electron chi connectivity index (χ2n) is 2.07. The van der Waals surface area contributed by atoms with Gasteiger partial charge >= 0.3 is 0 Å². The van der Waals surface area contributed by atoms with Gasteiger partial charge in [0.15, 0.2) is 0 Å². The van der Waals surface area contributed by atoms with Gasteiger partial charge in [-0.15, -0.1) is 12.4 Å². The molecule has 0 amide bonds. The maximum absolute atomic E-state index is 7.13. The second-order valence-corrected chi connectivity index (χ2v) is 3.42. The first-order valence-electron chi connectivity index (χ1n) is 2.90. The molecule has 1 aromatic carbocycles. The van der Waals surface area contributed by atoms with Crippen molar-refractivity contribution in [1.29, 1.82) is 5.41 Å². The molecule has 0 unspecified atom stereocenters. The summed E-state index contributed by atoms with van der Waals surface area (Å²) in [4.78, 5) is 0. The molecule has 2 nitrogen and oxygen atoms in total. The van der Waals surface area contributed by atoms with Gasteiger partial charge in [0.25, 0.3) is 0 Å². The summed E-state index contributed by atoms with van der Waals surface area (Å²) in [6.07, 6.45) is 0. The van der Waals surface area contributed by atoms with Crippen LogP contribution in [0.1, 0.15) is 5.56 Å². The lowest BCUT2D eigenvalue weighted by molar-refractivity contribution is 1.42. The highest BCUT2D eigenvalue weighted by Gasteiger charge is 1.99. The fourth-order valence-electron chi connectivity index (χ4n) is 0.709. The van der Waals surface area contributed by atoms with Gasteiger partial charge in [-0.05, 0) is 18.2 Å². The van der Waals surface area contributed by atoms with E-state index < -0.39 is 0 Å². The molecule has 0 bridgehead atoms. The van der Waals surface area contributed by atoms with E-state index in [1.807, 2.05) is 0 Å². The molecule has 5 heteroatoms. The Morgan fingerprint density at radius 3 is 2.42 bits per heavy atom. The molecule has 0 aliphatic carbocycles. The second kappa shape index (κ2) is 4.70. The van der Waals surface area contributed by atoms with Crippen molar-refractivity contribution in [1.82, 2.24) is 0 Å². The summed E-state index contributed by atoms with van der Waals surface area (Å²) in [5.74, 6) is 0.0215. The number of rotatable bonds is 1. The lowest BCUT2D eigenvalue weighted by Crippen LogP contribution is -2.10. The zero-order chi connectivity index (χ0) is 8.43. The summed E-state index contributed by atoms with van der Waals surface area (Å²) in [5, 5.41) is 7.70. The van der Waals surface area contributed by atoms with E-state index in [1.54, 1.807) is 18.2 Å². The molecular weight excluding hydrogens is 263 g/mol. The Labute approximate surface area is 90.1 Å². The van der Waals surface area contributed by atoms with Crippen molar-refractivity contribution in [3.8, 4) is 0 Å². The molecule has 0 aliphatic rings. The Morgan fingerprint density at radius 1 is 1.42 bits per heavy atom. The highest BCUT2D eigenvalue weighted by atomic mass is 79.9. The van der Waals surface area contributed by atoms with Crippen LogP contribution in [0.3, 0.4) is 0 Å². The molecule has 66 valence electrons. The van der Waals surface area contributed by atoms with Crippen molar-refractivity contribution < 1.29 is 0 Å². The average Bonchev–Trinajstić information content (AvgIpc) is 1.85. The third-order valence-corrected chi connectivity index (χ3v) is 1.85. The van der Waals surface area contributed by atoms with Crippen LogP contribution < -0.4 is 5.73 Å². The van der Waals surface area contributed by atoms with Crippen LogP contribution in [-0.4, -0.2) is 5.84 Å². The molecule has 1 rings (SSSR count). The molecule has 0 heterocycles. The summed E-state index contributed by atoms with van der Waals surface area (Å²) < 4.78 is 0.829. The van der Waals surface area contributed by atoms with E-state index in [0.29, 0.717) is 10.6 Å². The summed E-state index contributed by atoms with van der Waals surface area (Å²) in [5.41, 5.74) is 5.88. The van der Waals surface area contributed by atoms with Crippen molar-refractivity contribution in [3.05, 3.63) is 33.3 Å². The van der Waals surface area contributed by atoms with Crippen molar-refractivity contribution in [2.24, 2.45) is 5.73 Å². The first-order valence-corrected chi connectivity index (χ1v) is 4.07. The van der Waals surface area contributed by atoms with E-state index in [-0.39, 0.29) is 18.2 Å². The maximum Gasteiger partial charge on any atom is 0.122 e. The van der Waals surface area contributed by atoms with Gasteiger partial charge in [0, 0.05) is 15.1 Å². The SMILES string of the molecule is Cl.N=C(N)c1cc(Cl)cc(Br)c1. The van der Waals surface area contributed by atoms with Crippen LogP contribution >= 0.6 is 39.9 Å². The Morgan fingerprint density at radius 2 is 2.00 bits per heavy atom. The molecule has 0 aliphatic heterocycles. The third kappa shape index (κ3) is 3.01. The summed E-state index contributed by atoms with van der Waals surface area (Å²) in [6.45, 7) is 0. The third-order valence-electron chi connectivity index (χ3n) is 1.17. The molecule has 0 aromatic heterocycles. The standard InChI is InChI=1S/C7H6BrClN2.ClH/c8-5-1-4(7(10)11)2-6(9)3-5;/h1-3H,(H3,10,11);1H. The van der Waals surface area contributed by atoms with E-state index in [0.717, 1.165) is 4.47 Å². The van der Waals surface area contributed by atoms with Gasteiger partial charge in [-0.2, -0.15) is 0 Å². The van der Waals surface area contributed by atoms with Crippen LogP contribution in [0.5, 0.6) is 0 Å². The lowest BCUT2D eigenvalue weighted by Gasteiger charge is -1.99. The minimum absolute atomic E-state index is 0. The Bertz CT molecular complexity index is 281. The molecule has 0 saturated heterocycles. The van der Waals surface area contributed by atoms with Gasteiger partial charge in [0.05, 0.1) is 0 Å². The van der Waals surface area contributed by atoms with Crippen LogP contribution in [0.2, 0.25) is 5.02 Å². The summed E-state index contributed by atoms with van der Waals surface area (Å²) in [7, 11) is 0. The quantitative estimate of drug-likeness (QED) is 0.598. The normalized spacial score (nSPS) is 8.83. The summed E-state index contributed by atoms with van der Waals surface area (Å²) in [6, 6.07) is 5.14. The van der Waals surface area contributed by atoms with Gasteiger partial charge < -0.3 is 5.73 Å². The first kappa shape index (κ1) is 11.8. The number of amidine groups is 1. The van der Waals surface area contributed by atoms with Crippen molar-refractivity contribution >= 4 is 45.8 Å². The largest absolute Gasteiger partial charge is 0.384 e. The van der Waals surface area contributed by atoms with E-state index in [9.17, 15) is 0 Å². The number of nitrogen functional groups attached to an aromatic ring is 1. The van der Waals surface area contributed by atoms with Crippen molar-refractivity contribution in [2.75, 3.05) is 0 Å². The minimum atomic E-state index is 0. The van der Waals surface area contributed by atoms with E-state index in [4.69, 9.17) is 22.7 Å². The van der Waals surface area contributed by atoms with Gasteiger partial charge in [-0.1, -0.05) is 27.5 Å². The fraction of sp³-hybridized carbons (Fsp3) is 0. The molecule has 12 heavy (non-hydrogen) atoms. The van der Waals surface area contributed by atoms with Gasteiger partial charge in [0.2, 0.25) is 0 Å². The number of benzene rings is 1. The highest BCUT2D eigenvalue weighted by molar-refractivity contribution is 9.10. The van der Waals surface area contributed by atoms with Crippen LogP contribution in [-0.2, 0) is 0 Å². The zero-order valence-corrected chi connectivity index (χ0v) is 9.13. The van der Waals surface area contributed by atoms with Crippen LogP contribution in [0.4, 0.5) is 0 Å². The monoisotopic (exact) mass is 268 g/mol.